The second kappa shape index (κ2) is 5.68. The fraction of sp³-hybridized carbons (Fsp3) is 0.600. The molecule has 2 atom stereocenters. The van der Waals surface area contributed by atoms with E-state index in [4.69, 9.17) is 16.3 Å². The van der Waals surface area contributed by atoms with Crippen LogP contribution in [0.15, 0.2) is 18.2 Å². The zero-order chi connectivity index (χ0) is 13.2. The van der Waals surface area contributed by atoms with Crippen molar-refractivity contribution in [2.24, 2.45) is 5.92 Å². The number of fused-ring (bicyclic) bond motifs is 1. The molecule has 1 fully saturated rings. The van der Waals surface area contributed by atoms with Gasteiger partial charge in [0.2, 0.25) is 0 Å². The normalized spacial score (nSPS) is 26.4. The van der Waals surface area contributed by atoms with Crippen LogP contribution in [0.5, 0.6) is 5.75 Å². The van der Waals surface area contributed by atoms with Crippen molar-refractivity contribution in [3.05, 3.63) is 29.6 Å². The van der Waals surface area contributed by atoms with Crippen LogP contribution in [0.1, 0.15) is 18.4 Å². The van der Waals surface area contributed by atoms with Crippen molar-refractivity contribution in [3.63, 3.8) is 0 Å². The van der Waals surface area contributed by atoms with Crippen molar-refractivity contribution < 1.29 is 9.13 Å². The minimum absolute atomic E-state index is 0.173. The lowest BCUT2D eigenvalue weighted by molar-refractivity contribution is 0.165. The lowest BCUT2D eigenvalue weighted by Crippen LogP contribution is -2.33. The maximum atomic E-state index is 13.2. The first kappa shape index (κ1) is 13.2. The number of ether oxygens (including phenoxy) is 1. The molecule has 1 aromatic carbocycles. The number of alkyl halides is 1. The van der Waals surface area contributed by atoms with Gasteiger partial charge in [-0.05, 0) is 43.5 Å². The Kier molecular flexibility index (Phi) is 3.94. The predicted molar refractivity (Wildman–Crippen MR) is 74.4 cm³/mol. The van der Waals surface area contributed by atoms with Gasteiger partial charge in [-0.2, -0.15) is 0 Å². The molecule has 0 radical (unpaired) electrons. The Balaban J connectivity index is 1.54. The highest BCUT2D eigenvalue weighted by Crippen LogP contribution is 2.30. The quantitative estimate of drug-likeness (QED) is 0.788. The molecule has 3 rings (SSSR count). The molecule has 2 aliphatic heterocycles. The molecule has 0 amide bonds. The first-order chi connectivity index (χ1) is 9.24. The molecular formula is C15H19ClFNO. The van der Waals surface area contributed by atoms with E-state index in [-0.39, 0.29) is 11.9 Å². The summed E-state index contributed by atoms with van der Waals surface area (Å²) in [7, 11) is 0. The molecule has 1 saturated heterocycles. The number of hydrogen-bond acceptors (Lipinski definition) is 2. The van der Waals surface area contributed by atoms with Crippen LogP contribution in [0, 0.1) is 11.7 Å². The van der Waals surface area contributed by atoms with Crippen LogP contribution >= 0.6 is 11.6 Å². The van der Waals surface area contributed by atoms with Gasteiger partial charge in [-0.3, -0.25) is 4.90 Å². The molecule has 0 saturated carbocycles. The van der Waals surface area contributed by atoms with E-state index in [0.29, 0.717) is 0 Å². The van der Waals surface area contributed by atoms with Crippen LogP contribution in [0.4, 0.5) is 4.39 Å². The van der Waals surface area contributed by atoms with Crippen molar-refractivity contribution >= 4 is 11.6 Å². The van der Waals surface area contributed by atoms with Gasteiger partial charge in [0, 0.05) is 31.0 Å². The molecule has 19 heavy (non-hydrogen) atoms. The first-order valence-electron chi connectivity index (χ1n) is 6.98. The van der Waals surface area contributed by atoms with Crippen LogP contribution in [0.3, 0.4) is 0 Å². The first-order valence-corrected chi connectivity index (χ1v) is 7.51. The van der Waals surface area contributed by atoms with Gasteiger partial charge in [-0.1, -0.05) is 0 Å². The van der Waals surface area contributed by atoms with E-state index in [1.54, 1.807) is 12.1 Å². The van der Waals surface area contributed by atoms with E-state index in [2.05, 4.69) is 4.90 Å². The van der Waals surface area contributed by atoms with E-state index >= 15 is 0 Å². The Morgan fingerprint density at radius 1 is 1.42 bits per heavy atom. The standard InChI is InChI=1S/C15H19ClFNO/c16-5-3-11-4-6-18(9-11)10-14-8-12-7-13(17)1-2-15(12)19-14/h1-2,7,11,14H,3-6,8-10H2. The van der Waals surface area contributed by atoms with Crippen LogP contribution in [-0.4, -0.2) is 36.5 Å². The lowest BCUT2D eigenvalue weighted by atomic mass is 10.1. The van der Waals surface area contributed by atoms with Crippen LogP contribution < -0.4 is 4.74 Å². The molecule has 0 aliphatic carbocycles. The molecule has 2 heterocycles. The number of halogens is 2. The monoisotopic (exact) mass is 283 g/mol. The largest absolute Gasteiger partial charge is 0.488 e. The van der Waals surface area contributed by atoms with Gasteiger partial charge in [-0.15, -0.1) is 11.6 Å². The third-order valence-electron chi connectivity index (χ3n) is 4.11. The topological polar surface area (TPSA) is 12.5 Å². The van der Waals surface area contributed by atoms with Crippen molar-refractivity contribution in [2.75, 3.05) is 25.5 Å². The Bertz CT molecular complexity index is 454. The molecule has 0 spiro atoms. The van der Waals surface area contributed by atoms with Crippen LogP contribution in [0.25, 0.3) is 0 Å². The van der Waals surface area contributed by atoms with Gasteiger partial charge in [0.1, 0.15) is 17.7 Å². The van der Waals surface area contributed by atoms with E-state index in [1.165, 1.54) is 12.5 Å². The van der Waals surface area contributed by atoms with Crippen molar-refractivity contribution in [3.8, 4) is 5.75 Å². The van der Waals surface area contributed by atoms with Gasteiger partial charge in [0.15, 0.2) is 0 Å². The SMILES string of the molecule is Fc1ccc2c(c1)CC(CN1CCC(CCCl)C1)O2. The number of rotatable bonds is 4. The molecule has 0 N–H and O–H groups in total. The van der Waals surface area contributed by atoms with Crippen LogP contribution in [0.2, 0.25) is 0 Å². The molecule has 104 valence electrons. The molecule has 0 aromatic heterocycles. The molecule has 2 aliphatic rings. The summed E-state index contributed by atoms with van der Waals surface area (Å²) in [5.74, 6) is 2.16. The summed E-state index contributed by atoms with van der Waals surface area (Å²) >= 11 is 5.80. The Morgan fingerprint density at radius 3 is 3.16 bits per heavy atom. The zero-order valence-electron chi connectivity index (χ0n) is 10.9. The molecule has 1 aromatic rings. The van der Waals surface area contributed by atoms with E-state index in [9.17, 15) is 4.39 Å². The third kappa shape index (κ3) is 3.03. The molecule has 2 unspecified atom stereocenters. The summed E-state index contributed by atoms with van der Waals surface area (Å²) in [4.78, 5) is 2.45. The number of nitrogens with zero attached hydrogens (tertiary/aromatic N) is 1. The Hall–Kier alpha value is -0.800. The summed E-state index contributed by atoms with van der Waals surface area (Å²) in [6.45, 7) is 3.19. The lowest BCUT2D eigenvalue weighted by Gasteiger charge is -2.20. The smallest absolute Gasteiger partial charge is 0.123 e. The van der Waals surface area contributed by atoms with Gasteiger partial charge in [0.05, 0.1) is 0 Å². The van der Waals surface area contributed by atoms with Gasteiger partial charge < -0.3 is 4.74 Å². The predicted octanol–water partition coefficient (Wildman–Crippen LogP) is 3.08. The fourth-order valence-corrected chi connectivity index (χ4v) is 3.46. The summed E-state index contributed by atoms with van der Waals surface area (Å²) in [5.41, 5.74) is 1.00. The third-order valence-corrected chi connectivity index (χ3v) is 4.33. The second-order valence-electron chi connectivity index (χ2n) is 5.59. The summed E-state index contributed by atoms with van der Waals surface area (Å²) in [6, 6.07) is 4.80. The molecular weight excluding hydrogens is 265 g/mol. The maximum absolute atomic E-state index is 13.2. The maximum Gasteiger partial charge on any atom is 0.123 e. The highest BCUT2D eigenvalue weighted by molar-refractivity contribution is 6.17. The summed E-state index contributed by atoms with van der Waals surface area (Å²) < 4.78 is 19.0. The zero-order valence-corrected chi connectivity index (χ0v) is 11.7. The van der Waals surface area contributed by atoms with Crippen LogP contribution in [-0.2, 0) is 6.42 Å². The van der Waals surface area contributed by atoms with Crippen molar-refractivity contribution in [2.45, 2.75) is 25.4 Å². The minimum atomic E-state index is -0.175. The fourth-order valence-electron chi connectivity index (χ4n) is 3.15. The highest BCUT2D eigenvalue weighted by Gasteiger charge is 2.28. The second-order valence-corrected chi connectivity index (χ2v) is 5.97. The summed E-state index contributed by atoms with van der Waals surface area (Å²) in [5, 5.41) is 0. The van der Waals surface area contributed by atoms with E-state index in [0.717, 1.165) is 55.6 Å². The molecule has 0 bridgehead atoms. The molecule has 4 heteroatoms. The summed E-state index contributed by atoms with van der Waals surface area (Å²) in [6.07, 6.45) is 3.34. The Labute approximate surface area is 118 Å². The number of likely N-dealkylation sites (tertiary alicyclic amines) is 1. The average molecular weight is 284 g/mol. The van der Waals surface area contributed by atoms with Gasteiger partial charge in [-0.25, -0.2) is 4.39 Å². The minimum Gasteiger partial charge on any atom is -0.488 e. The Morgan fingerprint density at radius 2 is 2.32 bits per heavy atom. The van der Waals surface area contributed by atoms with E-state index < -0.39 is 0 Å². The highest BCUT2D eigenvalue weighted by atomic mass is 35.5. The van der Waals surface area contributed by atoms with Gasteiger partial charge >= 0.3 is 0 Å². The van der Waals surface area contributed by atoms with Crippen molar-refractivity contribution in [1.29, 1.82) is 0 Å². The molecule has 2 nitrogen and oxygen atoms in total. The number of benzene rings is 1. The number of hydrogen-bond donors (Lipinski definition) is 0. The van der Waals surface area contributed by atoms with E-state index in [1.807, 2.05) is 0 Å². The average Bonchev–Trinajstić information content (AvgIpc) is 2.96. The van der Waals surface area contributed by atoms with Crippen molar-refractivity contribution in [1.82, 2.24) is 4.90 Å². The van der Waals surface area contributed by atoms with Gasteiger partial charge in [0.25, 0.3) is 0 Å².